The lowest BCUT2D eigenvalue weighted by molar-refractivity contribution is 0.581. The Hall–Kier alpha value is -0.690. The molecule has 1 N–H and O–H groups in total. The number of thiophene rings is 1. The van der Waals surface area contributed by atoms with Crippen molar-refractivity contribution < 1.29 is 8.42 Å². The van der Waals surface area contributed by atoms with E-state index in [9.17, 15) is 8.42 Å². The zero-order valence-corrected chi connectivity index (χ0v) is 14.7. The number of aryl methyl sites for hydroxylation is 3. The van der Waals surface area contributed by atoms with Crippen LogP contribution >= 0.6 is 27.3 Å². The molecular formula is C14H16BrNO2S2. The summed E-state index contributed by atoms with van der Waals surface area (Å²) in [5.74, 6) is 0. The number of rotatable bonds is 4. The van der Waals surface area contributed by atoms with Crippen LogP contribution < -0.4 is 4.72 Å². The van der Waals surface area contributed by atoms with E-state index in [0.29, 0.717) is 11.4 Å². The normalized spacial score (nSPS) is 11.8. The molecule has 0 aliphatic heterocycles. The Kier molecular flexibility index (Phi) is 4.69. The van der Waals surface area contributed by atoms with E-state index >= 15 is 0 Å². The molecule has 0 aliphatic carbocycles. The minimum absolute atomic E-state index is 0.295. The molecule has 0 aliphatic rings. The maximum atomic E-state index is 12.2. The van der Waals surface area contributed by atoms with Crippen LogP contribution in [0.15, 0.2) is 33.6 Å². The highest BCUT2D eigenvalue weighted by molar-refractivity contribution is 9.10. The fourth-order valence-electron chi connectivity index (χ4n) is 1.77. The molecule has 0 bridgehead atoms. The Morgan fingerprint density at radius 3 is 2.40 bits per heavy atom. The highest BCUT2D eigenvalue weighted by Crippen LogP contribution is 2.22. The molecule has 0 atom stereocenters. The molecule has 1 heterocycles. The van der Waals surface area contributed by atoms with Crippen LogP contribution in [0.3, 0.4) is 0 Å². The topological polar surface area (TPSA) is 46.2 Å². The summed E-state index contributed by atoms with van der Waals surface area (Å²) in [6, 6.07) is 7.04. The van der Waals surface area contributed by atoms with Crippen LogP contribution in [0.4, 0.5) is 0 Å². The standard InChI is InChI=1S/C14H16BrNO2S2/c1-9-6-12(19-11(9)3)8-16-20(17,18)13-4-5-14(15)10(2)7-13/h4-7,16H,8H2,1-3H3. The van der Waals surface area contributed by atoms with Crippen molar-refractivity contribution in [2.45, 2.75) is 32.2 Å². The van der Waals surface area contributed by atoms with Gasteiger partial charge in [-0.05, 0) is 56.2 Å². The molecule has 3 nitrogen and oxygen atoms in total. The van der Waals surface area contributed by atoms with Gasteiger partial charge in [0.25, 0.3) is 0 Å². The minimum atomic E-state index is -3.47. The van der Waals surface area contributed by atoms with Crippen LogP contribution in [0, 0.1) is 20.8 Å². The summed E-state index contributed by atoms with van der Waals surface area (Å²) in [6.07, 6.45) is 0. The van der Waals surface area contributed by atoms with Gasteiger partial charge in [0.1, 0.15) is 0 Å². The fraction of sp³-hybridized carbons (Fsp3) is 0.286. The first-order valence-corrected chi connectivity index (χ1v) is 9.20. The average molecular weight is 374 g/mol. The van der Waals surface area contributed by atoms with Gasteiger partial charge in [-0.25, -0.2) is 13.1 Å². The molecule has 108 valence electrons. The smallest absolute Gasteiger partial charge is 0.207 e. The quantitative estimate of drug-likeness (QED) is 0.882. The predicted molar refractivity (Wildman–Crippen MR) is 86.7 cm³/mol. The van der Waals surface area contributed by atoms with Crippen LogP contribution in [0.5, 0.6) is 0 Å². The lowest BCUT2D eigenvalue weighted by Gasteiger charge is -2.07. The Morgan fingerprint density at radius 1 is 1.15 bits per heavy atom. The number of nitrogens with one attached hydrogen (secondary N) is 1. The van der Waals surface area contributed by atoms with Gasteiger partial charge >= 0.3 is 0 Å². The van der Waals surface area contributed by atoms with Crippen molar-refractivity contribution >= 4 is 37.3 Å². The molecule has 1 aromatic carbocycles. The predicted octanol–water partition coefficient (Wildman–Crippen LogP) is 3.91. The molecule has 0 saturated heterocycles. The lowest BCUT2D eigenvalue weighted by atomic mass is 10.2. The summed E-state index contributed by atoms with van der Waals surface area (Å²) in [5.41, 5.74) is 2.10. The average Bonchev–Trinajstić information content (AvgIpc) is 2.70. The number of halogens is 1. The van der Waals surface area contributed by atoms with Gasteiger partial charge in [0.05, 0.1) is 4.90 Å². The molecule has 0 radical (unpaired) electrons. The van der Waals surface area contributed by atoms with Gasteiger partial charge in [-0.3, -0.25) is 0 Å². The van der Waals surface area contributed by atoms with Crippen molar-refractivity contribution in [1.82, 2.24) is 4.72 Å². The maximum Gasteiger partial charge on any atom is 0.240 e. The molecule has 2 rings (SSSR count). The number of sulfonamides is 1. The Balaban J connectivity index is 2.16. The summed E-state index contributed by atoms with van der Waals surface area (Å²) in [4.78, 5) is 2.54. The Morgan fingerprint density at radius 2 is 1.85 bits per heavy atom. The van der Waals surface area contributed by atoms with Gasteiger partial charge in [-0.2, -0.15) is 0 Å². The summed E-state index contributed by atoms with van der Waals surface area (Å²) in [6.45, 7) is 6.27. The summed E-state index contributed by atoms with van der Waals surface area (Å²) in [5, 5.41) is 0. The van der Waals surface area contributed by atoms with E-state index in [4.69, 9.17) is 0 Å². The van der Waals surface area contributed by atoms with Crippen LogP contribution in [-0.2, 0) is 16.6 Å². The molecule has 0 unspecified atom stereocenters. The van der Waals surface area contributed by atoms with Crippen LogP contribution in [0.1, 0.15) is 20.9 Å². The third-order valence-corrected chi connectivity index (χ3v) is 6.53. The van der Waals surface area contributed by atoms with E-state index < -0.39 is 10.0 Å². The SMILES string of the molecule is Cc1cc(S(=O)(=O)NCc2cc(C)c(C)s2)ccc1Br. The first-order valence-electron chi connectivity index (χ1n) is 6.11. The van der Waals surface area contributed by atoms with Crippen molar-refractivity contribution in [2.75, 3.05) is 0 Å². The summed E-state index contributed by atoms with van der Waals surface area (Å²) >= 11 is 4.99. The van der Waals surface area contributed by atoms with Crippen molar-refractivity contribution in [1.29, 1.82) is 0 Å². The van der Waals surface area contributed by atoms with Crippen molar-refractivity contribution in [3.8, 4) is 0 Å². The molecule has 2 aromatic rings. The molecule has 20 heavy (non-hydrogen) atoms. The van der Waals surface area contributed by atoms with Gasteiger partial charge in [0.15, 0.2) is 0 Å². The largest absolute Gasteiger partial charge is 0.240 e. The van der Waals surface area contributed by atoms with Crippen molar-refractivity contribution in [3.05, 3.63) is 49.6 Å². The van der Waals surface area contributed by atoms with Crippen molar-refractivity contribution in [3.63, 3.8) is 0 Å². The number of hydrogen-bond donors (Lipinski definition) is 1. The van der Waals surface area contributed by atoms with E-state index in [1.54, 1.807) is 29.5 Å². The third-order valence-electron chi connectivity index (χ3n) is 3.09. The van der Waals surface area contributed by atoms with Gasteiger partial charge in [-0.15, -0.1) is 11.3 Å². The zero-order valence-electron chi connectivity index (χ0n) is 11.5. The molecule has 6 heteroatoms. The maximum absolute atomic E-state index is 12.2. The van der Waals surface area contributed by atoms with E-state index in [1.807, 2.05) is 26.8 Å². The van der Waals surface area contributed by atoms with Gasteiger partial charge in [0, 0.05) is 20.8 Å². The number of benzene rings is 1. The highest BCUT2D eigenvalue weighted by Gasteiger charge is 2.15. The van der Waals surface area contributed by atoms with E-state index in [0.717, 1.165) is 14.9 Å². The molecule has 0 fully saturated rings. The van der Waals surface area contributed by atoms with Crippen LogP contribution in [-0.4, -0.2) is 8.42 Å². The van der Waals surface area contributed by atoms with Crippen LogP contribution in [0.25, 0.3) is 0 Å². The van der Waals surface area contributed by atoms with Crippen LogP contribution in [0.2, 0.25) is 0 Å². The lowest BCUT2D eigenvalue weighted by Crippen LogP contribution is -2.22. The monoisotopic (exact) mass is 373 g/mol. The minimum Gasteiger partial charge on any atom is -0.207 e. The molecular weight excluding hydrogens is 358 g/mol. The van der Waals surface area contributed by atoms with Gasteiger partial charge in [0.2, 0.25) is 10.0 Å². The van der Waals surface area contributed by atoms with Gasteiger partial charge < -0.3 is 0 Å². The molecule has 0 spiro atoms. The second kappa shape index (κ2) is 5.97. The fourth-order valence-corrected chi connectivity index (χ4v) is 4.19. The molecule has 0 amide bonds. The summed E-state index contributed by atoms with van der Waals surface area (Å²) in [7, 11) is -3.47. The first-order chi connectivity index (χ1) is 9.29. The van der Waals surface area contributed by atoms with E-state index in [2.05, 4.69) is 20.7 Å². The van der Waals surface area contributed by atoms with E-state index in [-0.39, 0.29) is 0 Å². The van der Waals surface area contributed by atoms with Crippen molar-refractivity contribution in [2.24, 2.45) is 0 Å². The Bertz CT molecular complexity index is 716. The molecule has 0 saturated carbocycles. The first kappa shape index (κ1) is 15.7. The Labute approximate surface area is 132 Å². The number of hydrogen-bond acceptors (Lipinski definition) is 3. The summed E-state index contributed by atoms with van der Waals surface area (Å²) < 4.78 is 28.0. The second-order valence-electron chi connectivity index (χ2n) is 4.69. The second-order valence-corrected chi connectivity index (χ2v) is 8.65. The highest BCUT2D eigenvalue weighted by atomic mass is 79.9. The van der Waals surface area contributed by atoms with Gasteiger partial charge in [-0.1, -0.05) is 15.9 Å². The van der Waals surface area contributed by atoms with E-state index in [1.165, 1.54) is 10.4 Å². The zero-order chi connectivity index (χ0) is 14.9. The third kappa shape index (κ3) is 3.49. The molecule has 1 aromatic heterocycles.